The third kappa shape index (κ3) is 6.78. The number of nitrogens with two attached hydrogens (primary N) is 1. The van der Waals surface area contributed by atoms with Crippen molar-refractivity contribution in [2.75, 3.05) is 26.9 Å². The summed E-state index contributed by atoms with van der Waals surface area (Å²) in [5.74, 6) is 9.09. The number of rotatable bonds is 7. The molecule has 1 saturated carbocycles. The maximum absolute atomic E-state index is 12.5. The van der Waals surface area contributed by atoms with Crippen molar-refractivity contribution in [3.8, 4) is 51.7 Å². The van der Waals surface area contributed by atoms with Crippen LogP contribution in [0.4, 0.5) is 0 Å². The highest BCUT2D eigenvalue weighted by Gasteiger charge is 2.51. The highest BCUT2D eigenvalue weighted by atomic mass is 16.5. The maximum Gasteiger partial charge on any atom is 0.302 e. The van der Waals surface area contributed by atoms with E-state index in [4.69, 9.17) is 24.7 Å². The number of carbonyl (C=O) groups is 1. The number of allylic oxidation sites excluding steroid dienone is 3. The lowest BCUT2D eigenvalue weighted by Crippen LogP contribution is -2.37. The van der Waals surface area contributed by atoms with E-state index >= 15 is 0 Å². The highest BCUT2D eigenvalue weighted by molar-refractivity contribution is 5.84. The van der Waals surface area contributed by atoms with Gasteiger partial charge >= 0.3 is 5.97 Å². The summed E-state index contributed by atoms with van der Waals surface area (Å²) in [5, 5.41) is 29.6. The fourth-order valence-electron chi connectivity index (χ4n) is 10.4. The highest BCUT2D eigenvalue weighted by Crippen LogP contribution is 2.63. The van der Waals surface area contributed by atoms with Gasteiger partial charge in [0.25, 0.3) is 0 Å². The van der Waals surface area contributed by atoms with E-state index in [1.807, 2.05) is 18.2 Å². The minimum atomic E-state index is -0.605. The van der Waals surface area contributed by atoms with Gasteiger partial charge in [0.05, 0.1) is 30.9 Å². The summed E-state index contributed by atoms with van der Waals surface area (Å²) in [6.45, 7) is 7.13. The molecule has 1 unspecified atom stereocenters. The number of phenolic OH excluding ortho intramolecular Hbond substituents is 2. The summed E-state index contributed by atoms with van der Waals surface area (Å²) < 4.78 is 25.7. The van der Waals surface area contributed by atoms with Crippen molar-refractivity contribution in [3.63, 3.8) is 0 Å². The van der Waals surface area contributed by atoms with Gasteiger partial charge in [-0.15, -0.1) is 0 Å². The number of esters is 1. The average Bonchev–Trinajstić information content (AvgIpc) is 3.67. The predicted molar refractivity (Wildman–Crippen MR) is 223 cm³/mol. The molecule has 4 bridgehead atoms. The quantitative estimate of drug-likeness (QED) is 0.123. The minimum absolute atomic E-state index is 0.0363. The third-order valence-corrected chi connectivity index (χ3v) is 13.0. The first-order valence-electron chi connectivity index (χ1n) is 20.7. The molecule has 6 atom stereocenters. The Balaban J connectivity index is 1.28. The van der Waals surface area contributed by atoms with Gasteiger partial charge in [-0.25, -0.2) is 0 Å². The second kappa shape index (κ2) is 15.1. The fourth-order valence-corrected chi connectivity index (χ4v) is 10.4. The Hall–Kier alpha value is -5.37. The molecule has 6 N–H and O–H groups in total. The number of fused-ring (bicyclic) bond motifs is 8. The normalized spacial score (nSPS) is 25.9. The number of aromatic hydroxyl groups is 2. The van der Waals surface area contributed by atoms with Crippen LogP contribution in [0.2, 0.25) is 0 Å². The van der Waals surface area contributed by atoms with Gasteiger partial charge < -0.3 is 45.5 Å². The molecular formula is C48H53N3O7. The average molecular weight is 784 g/mol. The molecule has 0 saturated heterocycles. The van der Waals surface area contributed by atoms with Gasteiger partial charge in [0.1, 0.15) is 36.6 Å². The van der Waals surface area contributed by atoms with Crippen LogP contribution in [-0.4, -0.2) is 55.3 Å². The van der Waals surface area contributed by atoms with E-state index in [2.05, 4.69) is 60.6 Å². The molecule has 302 valence electrons. The Morgan fingerprint density at radius 3 is 2.81 bits per heavy atom. The number of dihydropyridines is 1. The Bertz CT molecular complexity index is 2330. The Morgan fingerprint density at radius 1 is 1.14 bits per heavy atom. The molecule has 58 heavy (non-hydrogen) atoms. The van der Waals surface area contributed by atoms with E-state index in [0.717, 1.165) is 100 Å². The van der Waals surface area contributed by atoms with Crippen LogP contribution in [0.15, 0.2) is 59.8 Å². The van der Waals surface area contributed by atoms with Crippen molar-refractivity contribution in [2.24, 2.45) is 17.6 Å². The van der Waals surface area contributed by atoms with E-state index in [1.165, 1.54) is 6.92 Å². The van der Waals surface area contributed by atoms with Crippen molar-refractivity contribution in [3.05, 3.63) is 93.2 Å². The number of methoxy groups -OCH3 is 1. The maximum atomic E-state index is 12.5. The van der Waals surface area contributed by atoms with Gasteiger partial charge in [0.15, 0.2) is 11.5 Å². The predicted octanol–water partition coefficient (Wildman–Crippen LogP) is 7.21. The van der Waals surface area contributed by atoms with Crippen molar-refractivity contribution >= 4 is 12.0 Å². The number of ether oxygens (including phenoxy) is 4. The molecule has 4 aliphatic heterocycles. The van der Waals surface area contributed by atoms with Crippen LogP contribution < -0.4 is 30.6 Å². The summed E-state index contributed by atoms with van der Waals surface area (Å²) in [6, 6.07) is 9.55. The molecule has 3 aromatic rings. The minimum Gasteiger partial charge on any atom is -0.508 e. The number of hydrogen-bond donors (Lipinski definition) is 5. The summed E-state index contributed by atoms with van der Waals surface area (Å²) in [6.07, 6.45) is 13.0. The lowest BCUT2D eigenvalue weighted by atomic mass is 9.65. The van der Waals surface area contributed by atoms with E-state index < -0.39 is 6.10 Å². The smallest absolute Gasteiger partial charge is 0.302 e. The fraction of sp³-hybridized carbons (Fsp3) is 0.438. The molecule has 6 aliphatic rings. The van der Waals surface area contributed by atoms with E-state index in [0.29, 0.717) is 42.8 Å². The van der Waals surface area contributed by atoms with Crippen LogP contribution in [0.25, 0.3) is 17.2 Å². The first kappa shape index (κ1) is 38.2. The molecule has 1 spiro atoms. The summed E-state index contributed by atoms with van der Waals surface area (Å²) in [7, 11) is 1.64. The first-order valence-corrected chi connectivity index (χ1v) is 20.7. The zero-order valence-electron chi connectivity index (χ0n) is 33.7. The monoisotopic (exact) mass is 783 g/mol. The Kier molecular flexibility index (Phi) is 9.93. The largest absolute Gasteiger partial charge is 0.508 e. The molecule has 2 aliphatic carbocycles. The lowest BCUT2D eigenvalue weighted by Gasteiger charge is -2.39. The molecule has 4 heterocycles. The van der Waals surface area contributed by atoms with Crippen LogP contribution >= 0.6 is 0 Å². The van der Waals surface area contributed by atoms with Crippen LogP contribution in [0.5, 0.6) is 28.7 Å². The number of hydrogen-bond acceptors (Lipinski definition) is 10. The van der Waals surface area contributed by atoms with Crippen LogP contribution in [0.1, 0.15) is 98.3 Å². The molecule has 9 rings (SSSR count). The Labute approximate surface area is 340 Å². The molecule has 0 aromatic heterocycles. The topological polar surface area (TPSA) is 145 Å². The number of phenols is 2. The molecular weight excluding hydrogens is 731 g/mol. The summed E-state index contributed by atoms with van der Waals surface area (Å²) in [4.78, 5) is 12.5. The van der Waals surface area contributed by atoms with Gasteiger partial charge in [0.2, 0.25) is 0 Å². The molecule has 1 fully saturated rings. The second-order valence-electron chi connectivity index (χ2n) is 17.3. The molecule has 10 nitrogen and oxygen atoms in total. The van der Waals surface area contributed by atoms with Crippen molar-refractivity contribution in [2.45, 2.75) is 95.4 Å². The summed E-state index contributed by atoms with van der Waals surface area (Å²) in [5.41, 5.74) is 15.6. The number of nitrogens with one attached hydrogen (secondary N) is 2. The van der Waals surface area contributed by atoms with Crippen molar-refractivity contribution < 1.29 is 34.0 Å². The number of carbonyl (C=O) groups excluding carboxylic acids is 1. The van der Waals surface area contributed by atoms with Crippen LogP contribution in [-0.2, 0) is 27.8 Å². The lowest BCUT2D eigenvalue weighted by molar-refractivity contribution is -0.141. The zero-order chi connectivity index (χ0) is 40.3. The molecule has 3 aromatic carbocycles. The second-order valence-corrected chi connectivity index (χ2v) is 17.3. The standard InChI is InChI=1S/C48H53N3O7/c1-26(2)15-17-50-32-9-10-36-43-30(20-39(54)45(36)57-24-32)6-5-7-38-29(8-13-41(49)51-38)18-28-14-16-48(22-28)23-31-19-33(53)21-40(55-4)42(31)35-12-11-34-37(25-56-27(3)52)46(43)58-47(34)44(35)48/h8-13,19-21,26,28,32,37,41,46,50-51,53-54H,6,14-18,22-25,49H2,1-4H3/t28-,32-,37+,41?,46+,48-/m1/s1. The van der Waals surface area contributed by atoms with Crippen LogP contribution in [0.3, 0.4) is 0 Å². The zero-order valence-corrected chi connectivity index (χ0v) is 33.7. The molecule has 10 heteroatoms. The van der Waals surface area contributed by atoms with Crippen LogP contribution in [0, 0.1) is 23.7 Å². The molecule has 0 amide bonds. The van der Waals surface area contributed by atoms with Gasteiger partial charge in [0, 0.05) is 52.6 Å². The van der Waals surface area contributed by atoms with E-state index in [-0.39, 0.29) is 47.6 Å². The van der Waals surface area contributed by atoms with Crippen molar-refractivity contribution in [1.29, 1.82) is 0 Å². The van der Waals surface area contributed by atoms with Gasteiger partial charge in [-0.1, -0.05) is 50.1 Å². The molecule has 0 radical (unpaired) electrons. The number of benzene rings is 3. The van der Waals surface area contributed by atoms with E-state index in [1.54, 1.807) is 19.2 Å². The first-order chi connectivity index (χ1) is 28.0. The summed E-state index contributed by atoms with van der Waals surface area (Å²) >= 11 is 0. The Morgan fingerprint density at radius 2 is 2.00 bits per heavy atom. The SMILES string of the molecule is COc1cc(O)cc2c1-c1ccc3c4c1[C@@]1(CC[C@H](CC5=C(C#CCc6cc(O)c7c(c6[C@@H](O4)[C@H]3COC(C)=O)C=C[C@@H](NCCC(C)C)CO7)NC(N)C=C5)C1)C2. The van der Waals surface area contributed by atoms with Gasteiger partial charge in [-0.05, 0) is 103 Å². The van der Waals surface area contributed by atoms with Crippen molar-refractivity contribution in [1.82, 2.24) is 10.6 Å². The van der Waals surface area contributed by atoms with E-state index in [9.17, 15) is 15.0 Å². The van der Waals surface area contributed by atoms with Gasteiger partial charge in [-0.3, -0.25) is 4.79 Å². The third-order valence-electron chi connectivity index (χ3n) is 13.0. The van der Waals surface area contributed by atoms with Gasteiger partial charge in [-0.2, -0.15) is 0 Å².